The zero-order valence-corrected chi connectivity index (χ0v) is 7.63. The summed E-state index contributed by atoms with van der Waals surface area (Å²) in [6, 6.07) is 0. The molecule has 1 aliphatic carbocycles. The van der Waals surface area contributed by atoms with Gasteiger partial charge in [-0.2, -0.15) is 0 Å². The molecule has 0 amide bonds. The lowest BCUT2D eigenvalue weighted by Gasteiger charge is -2.00. The average molecular weight is 183 g/mol. The molecule has 1 aliphatic rings. The van der Waals surface area contributed by atoms with Crippen molar-refractivity contribution < 1.29 is 14.3 Å². The molecule has 0 atom stereocenters. The molecule has 0 bridgehead atoms. The molecule has 0 spiro atoms. The van der Waals surface area contributed by atoms with Crippen LogP contribution in [0.15, 0.2) is 11.3 Å². The van der Waals surface area contributed by atoms with E-state index >= 15 is 0 Å². The quantitative estimate of drug-likeness (QED) is 0.647. The molecule has 2 N–H and O–H groups in total. The first-order valence-corrected chi connectivity index (χ1v) is 4.22. The van der Waals surface area contributed by atoms with Crippen LogP contribution in [-0.4, -0.2) is 18.9 Å². The molecule has 0 unspecified atom stereocenters. The number of hydrogen-bond acceptors (Lipinski definition) is 4. The second-order valence-corrected chi connectivity index (χ2v) is 3.00. The summed E-state index contributed by atoms with van der Waals surface area (Å²) in [5.41, 5.74) is 6.85. The van der Waals surface area contributed by atoms with Crippen molar-refractivity contribution in [3.05, 3.63) is 11.3 Å². The minimum Gasteiger partial charge on any atom is -0.469 e. The van der Waals surface area contributed by atoms with Gasteiger partial charge in [0.1, 0.15) is 0 Å². The molecule has 0 saturated carbocycles. The van der Waals surface area contributed by atoms with Crippen LogP contribution in [0.4, 0.5) is 0 Å². The van der Waals surface area contributed by atoms with E-state index in [0.29, 0.717) is 30.5 Å². The molecule has 13 heavy (non-hydrogen) atoms. The SMILES string of the molecule is COC(=O)CCC1=C(N)CCC1=O. The Balaban J connectivity index is 2.49. The van der Waals surface area contributed by atoms with E-state index in [9.17, 15) is 9.59 Å². The van der Waals surface area contributed by atoms with Gasteiger partial charge < -0.3 is 10.5 Å². The van der Waals surface area contributed by atoms with E-state index in [4.69, 9.17) is 5.73 Å². The Labute approximate surface area is 76.7 Å². The van der Waals surface area contributed by atoms with Gasteiger partial charge in [-0.1, -0.05) is 0 Å². The molecule has 0 aromatic heterocycles. The number of carbonyl (C=O) groups is 2. The predicted octanol–water partition coefficient (Wildman–Crippen LogP) is 0.515. The number of Topliss-reactive ketones (excluding diaryl/α,β-unsaturated/α-hetero) is 1. The lowest BCUT2D eigenvalue weighted by molar-refractivity contribution is -0.140. The van der Waals surface area contributed by atoms with E-state index in [1.54, 1.807) is 0 Å². The molecular formula is C9H13NO3. The first kappa shape index (κ1) is 9.77. The lowest BCUT2D eigenvalue weighted by atomic mass is 10.1. The first-order valence-electron chi connectivity index (χ1n) is 4.22. The second-order valence-electron chi connectivity index (χ2n) is 3.00. The second kappa shape index (κ2) is 4.07. The zero-order chi connectivity index (χ0) is 9.84. The summed E-state index contributed by atoms with van der Waals surface area (Å²) in [5.74, 6) is -0.235. The van der Waals surface area contributed by atoms with Crippen molar-refractivity contribution in [2.24, 2.45) is 5.73 Å². The topological polar surface area (TPSA) is 69.4 Å². The number of rotatable bonds is 3. The summed E-state index contributed by atoms with van der Waals surface area (Å²) < 4.78 is 4.47. The number of ketones is 1. The van der Waals surface area contributed by atoms with Crippen LogP contribution < -0.4 is 5.73 Å². The van der Waals surface area contributed by atoms with Crippen LogP contribution >= 0.6 is 0 Å². The highest BCUT2D eigenvalue weighted by Gasteiger charge is 2.21. The van der Waals surface area contributed by atoms with Crippen LogP contribution in [-0.2, 0) is 14.3 Å². The van der Waals surface area contributed by atoms with Gasteiger partial charge in [0.15, 0.2) is 5.78 Å². The summed E-state index contributed by atoms with van der Waals surface area (Å²) >= 11 is 0. The number of hydrogen-bond donors (Lipinski definition) is 1. The molecule has 4 heteroatoms. The molecule has 0 radical (unpaired) electrons. The predicted molar refractivity (Wildman–Crippen MR) is 46.7 cm³/mol. The normalized spacial score (nSPS) is 16.5. The molecule has 0 saturated heterocycles. The summed E-state index contributed by atoms with van der Waals surface area (Å²) in [4.78, 5) is 22.0. The maximum Gasteiger partial charge on any atom is 0.305 e. The summed E-state index contributed by atoms with van der Waals surface area (Å²) in [7, 11) is 1.33. The van der Waals surface area contributed by atoms with Crippen molar-refractivity contribution in [1.82, 2.24) is 0 Å². The third-order valence-electron chi connectivity index (χ3n) is 2.15. The van der Waals surface area contributed by atoms with Crippen molar-refractivity contribution in [3.63, 3.8) is 0 Å². The van der Waals surface area contributed by atoms with Gasteiger partial charge in [-0.25, -0.2) is 0 Å². The third kappa shape index (κ3) is 2.31. The molecule has 0 aromatic rings. The molecular weight excluding hydrogens is 170 g/mol. The number of esters is 1. The molecule has 4 nitrogen and oxygen atoms in total. The number of nitrogens with two attached hydrogens (primary N) is 1. The van der Waals surface area contributed by atoms with Crippen LogP contribution in [0, 0.1) is 0 Å². The number of carbonyl (C=O) groups excluding carboxylic acids is 2. The fourth-order valence-electron chi connectivity index (χ4n) is 1.36. The van der Waals surface area contributed by atoms with E-state index in [-0.39, 0.29) is 18.2 Å². The Morgan fingerprint density at radius 2 is 2.23 bits per heavy atom. The number of ether oxygens (including phenoxy) is 1. The van der Waals surface area contributed by atoms with Crippen molar-refractivity contribution in [1.29, 1.82) is 0 Å². The van der Waals surface area contributed by atoms with Crippen LogP contribution in [0.3, 0.4) is 0 Å². The largest absolute Gasteiger partial charge is 0.469 e. The highest BCUT2D eigenvalue weighted by molar-refractivity contribution is 5.98. The Kier molecular flexibility index (Phi) is 3.06. The van der Waals surface area contributed by atoms with Gasteiger partial charge in [-0.05, 0) is 12.8 Å². The Morgan fingerprint density at radius 1 is 1.54 bits per heavy atom. The minimum atomic E-state index is -0.306. The Hall–Kier alpha value is -1.32. The monoisotopic (exact) mass is 183 g/mol. The Morgan fingerprint density at radius 3 is 2.69 bits per heavy atom. The van der Waals surface area contributed by atoms with Crippen LogP contribution in [0.1, 0.15) is 25.7 Å². The summed E-state index contributed by atoms with van der Waals surface area (Å²) in [6.45, 7) is 0. The van der Waals surface area contributed by atoms with E-state index in [1.807, 2.05) is 0 Å². The van der Waals surface area contributed by atoms with E-state index in [2.05, 4.69) is 4.74 Å². The van der Waals surface area contributed by atoms with E-state index in [0.717, 1.165) is 0 Å². The fourth-order valence-corrected chi connectivity index (χ4v) is 1.36. The summed E-state index contributed by atoms with van der Waals surface area (Å²) in [6.07, 6.45) is 1.77. The average Bonchev–Trinajstić information content (AvgIpc) is 2.43. The summed E-state index contributed by atoms with van der Waals surface area (Å²) in [5, 5.41) is 0. The Bertz CT molecular complexity index is 268. The van der Waals surface area contributed by atoms with E-state index in [1.165, 1.54) is 7.11 Å². The van der Waals surface area contributed by atoms with Crippen molar-refractivity contribution >= 4 is 11.8 Å². The van der Waals surface area contributed by atoms with Gasteiger partial charge >= 0.3 is 5.97 Å². The molecule has 0 heterocycles. The van der Waals surface area contributed by atoms with Crippen LogP contribution in [0.25, 0.3) is 0 Å². The number of allylic oxidation sites excluding steroid dienone is 2. The minimum absolute atomic E-state index is 0.0707. The highest BCUT2D eigenvalue weighted by Crippen LogP contribution is 2.22. The van der Waals surface area contributed by atoms with Gasteiger partial charge in [-0.15, -0.1) is 0 Å². The molecule has 1 rings (SSSR count). The van der Waals surface area contributed by atoms with Crippen molar-refractivity contribution in [3.8, 4) is 0 Å². The highest BCUT2D eigenvalue weighted by atomic mass is 16.5. The molecule has 0 aromatic carbocycles. The van der Waals surface area contributed by atoms with E-state index < -0.39 is 0 Å². The fraction of sp³-hybridized carbons (Fsp3) is 0.556. The smallest absolute Gasteiger partial charge is 0.305 e. The van der Waals surface area contributed by atoms with Gasteiger partial charge in [0.2, 0.25) is 0 Å². The van der Waals surface area contributed by atoms with Gasteiger partial charge in [0.25, 0.3) is 0 Å². The van der Waals surface area contributed by atoms with Crippen LogP contribution in [0.5, 0.6) is 0 Å². The van der Waals surface area contributed by atoms with Crippen molar-refractivity contribution in [2.75, 3.05) is 7.11 Å². The standard InChI is InChI=1S/C9H13NO3/c1-13-9(12)5-2-6-7(10)3-4-8(6)11/h2-5,10H2,1H3. The maximum atomic E-state index is 11.2. The first-order chi connectivity index (χ1) is 6.15. The van der Waals surface area contributed by atoms with Gasteiger partial charge in [0, 0.05) is 24.1 Å². The zero-order valence-electron chi connectivity index (χ0n) is 7.63. The maximum absolute atomic E-state index is 11.2. The van der Waals surface area contributed by atoms with Gasteiger partial charge in [-0.3, -0.25) is 9.59 Å². The van der Waals surface area contributed by atoms with Crippen LogP contribution in [0.2, 0.25) is 0 Å². The lowest BCUT2D eigenvalue weighted by Crippen LogP contribution is -2.06. The van der Waals surface area contributed by atoms with Crippen molar-refractivity contribution in [2.45, 2.75) is 25.7 Å². The molecule has 72 valence electrons. The number of methoxy groups -OCH3 is 1. The molecule has 0 fully saturated rings. The van der Waals surface area contributed by atoms with Gasteiger partial charge in [0.05, 0.1) is 7.11 Å². The molecule has 0 aliphatic heterocycles. The third-order valence-corrected chi connectivity index (χ3v) is 2.15.